The summed E-state index contributed by atoms with van der Waals surface area (Å²) in [6.45, 7) is 6.32. The zero-order valence-electron chi connectivity index (χ0n) is 15.1. The Morgan fingerprint density at radius 2 is 1.71 bits per heavy atom. The van der Waals surface area contributed by atoms with Crippen molar-refractivity contribution in [3.05, 3.63) is 0 Å². The van der Waals surface area contributed by atoms with Gasteiger partial charge in [0.2, 0.25) is 11.8 Å². The first-order valence-corrected chi connectivity index (χ1v) is 8.13. The van der Waals surface area contributed by atoms with Gasteiger partial charge in [-0.25, -0.2) is 0 Å². The van der Waals surface area contributed by atoms with E-state index in [4.69, 9.17) is 11.5 Å². The summed E-state index contributed by atoms with van der Waals surface area (Å²) >= 11 is 0. The van der Waals surface area contributed by atoms with Gasteiger partial charge in [0.25, 0.3) is 0 Å². The van der Waals surface area contributed by atoms with Crippen LogP contribution in [0.25, 0.3) is 0 Å². The Morgan fingerprint density at radius 3 is 2.12 bits per heavy atom. The highest BCUT2D eigenvalue weighted by atomic mass is 32.1. The van der Waals surface area contributed by atoms with Gasteiger partial charge in [-0.1, -0.05) is 20.8 Å². The molecule has 0 aliphatic heterocycles. The normalized spacial score (nSPS) is 12.5. The van der Waals surface area contributed by atoms with E-state index < -0.39 is 17.9 Å². The summed E-state index contributed by atoms with van der Waals surface area (Å²) in [6, 6.07) is -0.573. The Bertz CT molecular complexity index is 380. The molecule has 144 valence electrons. The number of nitrogens with one attached hydrogen (secondary N) is 1. The molecule has 0 aromatic carbocycles. The lowest BCUT2D eigenvalue weighted by Crippen LogP contribution is -2.42. The molecule has 0 heterocycles. The van der Waals surface area contributed by atoms with Crippen LogP contribution in [0.1, 0.15) is 59.3 Å². The summed E-state index contributed by atoms with van der Waals surface area (Å²) in [4.78, 5) is 35.6. The molecule has 2 amide bonds. The van der Waals surface area contributed by atoms with E-state index in [0.717, 1.165) is 6.42 Å². The van der Waals surface area contributed by atoms with Gasteiger partial charge in [0.15, 0.2) is 5.78 Å². The number of hydrogen-bond donors (Lipinski definition) is 3. The molecule has 0 spiro atoms. The summed E-state index contributed by atoms with van der Waals surface area (Å²) in [5.74, 6) is -0.933. The molecule has 0 fully saturated rings. The average molecular weight is 382 g/mol. The number of hydrogen-bond acceptors (Lipinski definition) is 4. The number of Topliss-reactive ketones (excluding diaryl/α,β-unsaturated/α-hetero) is 1. The van der Waals surface area contributed by atoms with Gasteiger partial charge in [-0.15, -0.1) is 0 Å². The van der Waals surface area contributed by atoms with Crippen LogP contribution < -0.4 is 16.8 Å². The van der Waals surface area contributed by atoms with Crippen LogP contribution in [0.3, 0.4) is 0 Å². The topological polar surface area (TPSA) is 115 Å². The lowest BCUT2D eigenvalue weighted by Gasteiger charge is -2.21. The van der Waals surface area contributed by atoms with E-state index in [2.05, 4.69) is 5.32 Å². The predicted octanol–water partition coefficient (Wildman–Crippen LogP) is 1.34. The van der Waals surface area contributed by atoms with Crippen LogP contribution in [0, 0.1) is 11.8 Å². The summed E-state index contributed by atoms with van der Waals surface area (Å²) in [7, 11) is 0. The van der Waals surface area contributed by atoms with Gasteiger partial charge in [0.05, 0.1) is 6.04 Å². The zero-order chi connectivity index (χ0) is 17.1. The number of nitrogens with two attached hydrogens (primary N) is 2. The molecule has 0 aromatic heterocycles. The summed E-state index contributed by atoms with van der Waals surface area (Å²) < 4.78 is 0. The second-order valence-electron chi connectivity index (χ2n) is 6.20. The maximum Gasteiger partial charge on any atom is 0.220 e. The fourth-order valence-electron chi connectivity index (χ4n) is 2.38. The molecular formula is C16H35N3O3S2. The second kappa shape index (κ2) is 15.8. The Morgan fingerprint density at radius 1 is 1.12 bits per heavy atom. The minimum absolute atomic E-state index is 0. The highest BCUT2D eigenvalue weighted by molar-refractivity contribution is 7.59. The van der Waals surface area contributed by atoms with Crippen molar-refractivity contribution in [3.8, 4) is 0 Å². The number of amides is 2. The fourth-order valence-corrected chi connectivity index (χ4v) is 2.38. The maximum atomic E-state index is 12.4. The number of ketones is 1. The van der Waals surface area contributed by atoms with E-state index in [1.54, 1.807) is 0 Å². The largest absolute Gasteiger partial charge is 0.369 e. The van der Waals surface area contributed by atoms with Crippen LogP contribution in [-0.2, 0) is 14.4 Å². The van der Waals surface area contributed by atoms with Gasteiger partial charge >= 0.3 is 0 Å². The van der Waals surface area contributed by atoms with Crippen LogP contribution in [0.15, 0.2) is 0 Å². The molecule has 0 saturated carbocycles. The highest BCUT2D eigenvalue weighted by Crippen LogP contribution is 2.17. The third kappa shape index (κ3) is 12.7. The fraction of sp³-hybridized carbons (Fsp3) is 0.812. The third-order valence-electron chi connectivity index (χ3n) is 3.50. The Hall–Kier alpha value is -0.730. The number of carbonyl (C=O) groups is 3. The van der Waals surface area contributed by atoms with Crippen LogP contribution >= 0.6 is 27.0 Å². The first kappa shape index (κ1) is 28.1. The van der Waals surface area contributed by atoms with Gasteiger partial charge < -0.3 is 16.8 Å². The van der Waals surface area contributed by atoms with Crippen molar-refractivity contribution < 1.29 is 14.4 Å². The lowest BCUT2D eigenvalue weighted by atomic mass is 9.89. The number of rotatable bonds is 12. The summed E-state index contributed by atoms with van der Waals surface area (Å²) in [5.41, 5.74) is 10.9. The second-order valence-corrected chi connectivity index (χ2v) is 6.20. The van der Waals surface area contributed by atoms with E-state index in [1.807, 2.05) is 20.8 Å². The monoisotopic (exact) mass is 381 g/mol. The molecule has 6 nitrogen and oxygen atoms in total. The van der Waals surface area contributed by atoms with Gasteiger partial charge in [-0.2, -0.15) is 27.0 Å². The zero-order valence-corrected chi connectivity index (χ0v) is 17.1. The van der Waals surface area contributed by atoms with E-state index in [9.17, 15) is 14.4 Å². The Labute approximate surface area is 159 Å². The smallest absolute Gasteiger partial charge is 0.220 e. The van der Waals surface area contributed by atoms with Gasteiger partial charge in [0, 0.05) is 18.8 Å². The number of carbonyl (C=O) groups excluding carboxylic acids is 3. The van der Waals surface area contributed by atoms with Gasteiger partial charge in [-0.05, 0) is 38.1 Å². The quantitative estimate of drug-likeness (QED) is 0.473. The average Bonchev–Trinajstić information content (AvgIpc) is 2.42. The minimum Gasteiger partial charge on any atom is -0.369 e. The van der Waals surface area contributed by atoms with Crippen LogP contribution in [0.4, 0.5) is 0 Å². The first-order valence-electron chi connectivity index (χ1n) is 8.13. The molecule has 0 bridgehead atoms. The van der Waals surface area contributed by atoms with Crippen molar-refractivity contribution in [1.82, 2.24) is 5.32 Å². The van der Waals surface area contributed by atoms with Crippen molar-refractivity contribution in [2.75, 3.05) is 6.54 Å². The molecular weight excluding hydrogens is 346 g/mol. The Kier molecular flexibility index (Phi) is 18.5. The minimum atomic E-state index is -0.573. The Balaban J connectivity index is -0.00000220. The molecule has 0 aromatic rings. The van der Waals surface area contributed by atoms with Gasteiger partial charge in [0.1, 0.15) is 0 Å². The van der Waals surface area contributed by atoms with Crippen LogP contribution in [-0.4, -0.2) is 30.2 Å². The van der Waals surface area contributed by atoms with Gasteiger partial charge in [-0.3, -0.25) is 14.4 Å². The molecule has 0 aliphatic rings. The van der Waals surface area contributed by atoms with Crippen LogP contribution in [0.5, 0.6) is 0 Å². The van der Waals surface area contributed by atoms with Crippen molar-refractivity contribution in [2.24, 2.45) is 23.3 Å². The predicted molar refractivity (Wildman–Crippen MR) is 108 cm³/mol. The van der Waals surface area contributed by atoms with E-state index in [0.29, 0.717) is 32.2 Å². The molecule has 8 heteroatoms. The van der Waals surface area contributed by atoms with E-state index >= 15 is 0 Å². The SMILES string of the molecule is CCCC(=O)N[C@@H](CCCN)C(=O)C[C@@H](CC(C)C)C(N)=O.S.S. The molecule has 5 N–H and O–H groups in total. The first-order chi connectivity index (χ1) is 10.3. The molecule has 0 radical (unpaired) electrons. The highest BCUT2D eigenvalue weighted by Gasteiger charge is 2.26. The summed E-state index contributed by atoms with van der Waals surface area (Å²) in [5, 5.41) is 2.75. The molecule has 0 aliphatic carbocycles. The maximum absolute atomic E-state index is 12.4. The van der Waals surface area contributed by atoms with Crippen molar-refractivity contribution in [2.45, 2.75) is 65.3 Å². The van der Waals surface area contributed by atoms with Crippen molar-refractivity contribution in [3.63, 3.8) is 0 Å². The molecule has 2 atom stereocenters. The van der Waals surface area contributed by atoms with E-state index in [1.165, 1.54) is 0 Å². The van der Waals surface area contributed by atoms with E-state index in [-0.39, 0.29) is 51.0 Å². The van der Waals surface area contributed by atoms with Crippen molar-refractivity contribution in [1.29, 1.82) is 0 Å². The molecule has 0 saturated heterocycles. The van der Waals surface area contributed by atoms with Crippen molar-refractivity contribution >= 4 is 44.6 Å². The molecule has 24 heavy (non-hydrogen) atoms. The lowest BCUT2D eigenvalue weighted by molar-refractivity contribution is -0.131. The number of primary amides is 1. The third-order valence-corrected chi connectivity index (χ3v) is 3.50. The molecule has 0 unspecified atom stereocenters. The standard InChI is InChI=1S/C16H31N3O3.2H2S/c1-4-6-15(21)19-13(7-5-8-17)14(20)10-12(16(18)22)9-11(2)3;;/h11-13H,4-10,17H2,1-3H3,(H2,18,22)(H,19,21);2*1H2/t12-,13+;;/m1../s1. The molecule has 0 rings (SSSR count). The summed E-state index contributed by atoms with van der Waals surface area (Å²) in [6.07, 6.45) is 2.91. The van der Waals surface area contributed by atoms with Crippen LogP contribution in [0.2, 0.25) is 0 Å².